The van der Waals surface area contributed by atoms with Crippen molar-refractivity contribution in [2.75, 3.05) is 13.2 Å². The van der Waals surface area contributed by atoms with E-state index in [9.17, 15) is 9.59 Å². The van der Waals surface area contributed by atoms with Crippen LogP contribution in [0.1, 0.15) is 122 Å². The highest BCUT2D eigenvalue weighted by atomic mass is 16.5. The smallest absolute Gasteiger partial charge is 0.331 e. The second-order valence-corrected chi connectivity index (χ2v) is 8.88. The normalized spacial score (nSPS) is 14.8. The Balaban J connectivity index is 1.85. The highest BCUT2D eigenvalue weighted by molar-refractivity contribution is 5.91. The molecule has 0 aromatic heterocycles. The van der Waals surface area contributed by atoms with Crippen LogP contribution in [0.15, 0.2) is 12.2 Å². The molecule has 1 aliphatic rings. The van der Waals surface area contributed by atoms with Crippen molar-refractivity contribution in [2.45, 2.75) is 122 Å². The van der Waals surface area contributed by atoms with Gasteiger partial charge in [0.2, 0.25) is 0 Å². The third-order valence-corrected chi connectivity index (χ3v) is 6.03. The fourth-order valence-electron chi connectivity index (χ4n) is 4.08. The molecule has 0 unspecified atom stereocenters. The van der Waals surface area contributed by atoms with Gasteiger partial charge in [-0.2, -0.15) is 0 Å². The zero-order valence-corrected chi connectivity index (χ0v) is 19.5. The maximum atomic E-state index is 11.7. The van der Waals surface area contributed by atoms with Gasteiger partial charge in [-0.1, -0.05) is 103 Å². The summed E-state index contributed by atoms with van der Waals surface area (Å²) in [6, 6.07) is 0. The van der Waals surface area contributed by atoms with Gasteiger partial charge in [-0.15, -0.1) is 0 Å². The zero-order chi connectivity index (χ0) is 21.7. The molecule has 0 heterocycles. The topological polar surface area (TPSA) is 52.6 Å². The number of carbonyl (C=O) groups excluding carboxylic acids is 2. The fourth-order valence-corrected chi connectivity index (χ4v) is 4.08. The first-order chi connectivity index (χ1) is 14.7. The van der Waals surface area contributed by atoms with E-state index in [0.717, 1.165) is 25.7 Å². The molecule has 4 heteroatoms. The van der Waals surface area contributed by atoms with Crippen molar-refractivity contribution in [3.63, 3.8) is 0 Å². The van der Waals surface area contributed by atoms with Crippen molar-refractivity contribution in [1.29, 1.82) is 0 Å². The molecule has 30 heavy (non-hydrogen) atoms. The zero-order valence-electron chi connectivity index (χ0n) is 19.5. The van der Waals surface area contributed by atoms with E-state index in [-0.39, 0.29) is 0 Å². The molecule has 0 saturated heterocycles. The van der Waals surface area contributed by atoms with Crippen LogP contribution in [-0.4, -0.2) is 25.2 Å². The van der Waals surface area contributed by atoms with Crippen molar-refractivity contribution < 1.29 is 19.1 Å². The molecule has 1 saturated carbocycles. The second kappa shape index (κ2) is 19.6. The van der Waals surface area contributed by atoms with E-state index in [4.69, 9.17) is 9.47 Å². The van der Waals surface area contributed by atoms with E-state index in [0.29, 0.717) is 19.1 Å². The van der Waals surface area contributed by atoms with Crippen LogP contribution >= 0.6 is 0 Å². The van der Waals surface area contributed by atoms with Gasteiger partial charge in [0, 0.05) is 12.2 Å². The summed E-state index contributed by atoms with van der Waals surface area (Å²) in [7, 11) is 0. The molecule has 174 valence electrons. The predicted octanol–water partition coefficient (Wildman–Crippen LogP) is 7.30. The second-order valence-electron chi connectivity index (χ2n) is 8.88. The van der Waals surface area contributed by atoms with Gasteiger partial charge in [0.15, 0.2) is 0 Å². The lowest BCUT2D eigenvalue weighted by Gasteiger charge is -2.20. The Labute approximate surface area is 185 Å². The average Bonchev–Trinajstić information content (AvgIpc) is 2.77. The van der Waals surface area contributed by atoms with E-state index in [2.05, 4.69) is 6.92 Å². The van der Waals surface area contributed by atoms with Gasteiger partial charge in [-0.3, -0.25) is 0 Å². The number of esters is 2. The van der Waals surface area contributed by atoms with Crippen molar-refractivity contribution in [2.24, 2.45) is 5.92 Å². The minimum absolute atomic E-state index is 0.429. The quantitative estimate of drug-likeness (QED) is 0.132. The van der Waals surface area contributed by atoms with Crippen LogP contribution in [-0.2, 0) is 19.1 Å². The Morgan fingerprint density at radius 2 is 1.13 bits per heavy atom. The monoisotopic (exact) mass is 422 g/mol. The molecule has 0 atom stereocenters. The minimum Gasteiger partial charge on any atom is -0.463 e. The van der Waals surface area contributed by atoms with E-state index in [1.54, 1.807) is 0 Å². The minimum atomic E-state index is -0.455. The fraction of sp³-hybridized carbons (Fsp3) is 0.846. The average molecular weight is 423 g/mol. The van der Waals surface area contributed by atoms with Gasteiger partial charge >= 0.3 is 11.9 Å². The summed E-state index contributed by atoms with van der Waals surface area (Å²) in [5, 5.41) is 0. The van der Waals surface area contributed by atoms with E-state index < -0.39 is 11.9 Å². The lowest BCUT2D eigenvalue weighted by atomic mass is 9.90. The molecular formula is C26H46O4. The van der Waals surface area contributed by atoms with Gasteiger partial charge in [-0.25, -0.2) is 9.59 Å². The lowest BCUT2D eigenvalue weighted by Crippen LogP contribution is -2.15. The molecule has 0 amide bonds. The Bertz CT molecular complexity index is 452. The first-order valence-electron chi connectivity index (χ1n) is 12.7. The summed E-state index contributed by atoms with van der Waals surface area (Å²) in [6.07, 6.45) is 25.2. The van der Waals surface area contributed by atoms with Gasteiger partial charge in [0.05, 0.1) is 13.2 Å². The van der Waals surface area contributed by atoms with Crippen LogP contribution in [0.5, 0.6) is 0 Å². The van der Waals surface area contributed by atoms with Crippen LogP contribution < -0.4 is 0 Å². The lowest BCUT2D eigenvalue weighted by molar-refractivity contribution is -0.141. The van der Waals surface area contributed by atoms with Crippen LogP contribution in [0.25, 0.3) is 0 Å². The third kappa shape index (κ3) is 16.5. The number of ether oxygens (including phenoxy) is 2. The first-order valence-corrected chi connectivity index (χ1v) is 12.7. The summed E-state index contributed by atoms with van der Waals surface area (Å²) >= 11 is 0. The highest BCUT2D eigenvalue weighted by Crippen LogP contribution is 2.23. The van der Waals surface area contributed by atoms with Gasteiger partial charge in [0.1, 0.15) is 0 Å². The van der Waals surface area contributed by atoms with E-state index in [1.165, 1.54) is 102 Å². The number of hydrogen-bond donors (Lipinski definition) is 0. The molecule has 1 fully saturated rings. The molecule has 1 rings (SSSR count). The van der Waals surface area contributed by atoms with E-state index >= 15 is 0 Å². The molecule has 4 nitrogen and oxygen atoms in total. The molecule has 0 aliphatic heterocycles. The summed E-state index contributed by atoms with van der Waals surface area (Å²) < 4.78 is 10.4. The third-order valence-electron chi connectivity index (χ3n) is 6.03. The first kappa shape index (κ1) is 26.7. The van der Waals surface area contributed by atoms with Crippen molar-refractivity contribution in [1.82, 2.24) is 0 Å². The SMILES string of the molecule is CCCCCCCCCCCCCCCOC(=O)/C=C/C(=O)OCC1CCCCC1. The molecular weight excluding hydrogens is 376 g/mol. The van der Waals surface area contributed by atoms with Crippen molar-refractivity contribution in [3.05, 3.63) is 12.2 Å². The number of rotatable bonds is 18. The maximum Gasteiger partial charge on any atom is 0.331 e. The summed E-state index contributed by atoms with van der Waals surface area (Å²) in [5.74, 6) is -0.416. The Morgan fingerprint density at radius 1 is 0.667 bits per heavy atom. The van der Waals surface area contributed by atoms with Crippen LogP contribution in [0, 0.1) is 5.92 Å². The number of hydrogen-bond acceptors (Lipinski definition) is 4. The molecule has 0 aromatic rings. The summed E-state index contributed by atoms with van der Waals surface area (Å²) in [4.78, 5) is 23.3. The summed E-state index contributed by atoms with van der Waals surface area (Å²) in [5.41, 5.74) is 0. The van der Waals surface area contributed by atoms with Crippen molar-refractivity contribution in [3.8, 4) is 0 Å². The Kier molecular flexibility index (Phi) is 17.5. The van der Waals surface area contributed by atoms with Gasteiger partial charge in [0.25, 0.3) is 0 Å². The Hall–Kier alpha value is -1.32. The summed E-state index contributed by atoms with van der Waals surface area (Å²) in [6.45, 7) is 3.16. The molecule has 0 bridgehead atoms. The molecule has 0 radical (unpaired) electrons. The predicted molar refractivity (Wildman–Crippen MR) is 123 cm³/mol. The molecule has 0 spiro atoms. The van der Waals surface area contributed by atoms with Gasteiger partial charge < -0.3 is 9.47 Å². The number of unbranched alkanes of at least 4 members (excludes halogenated alkanes) is 12. The number of carbonyl (C=O) groups is 2. The van der Waals surface area contributed by atoms with Crippen molar-refractivity contribution >= 4 is 11.9 Å². The molecule has 0 N–H and O–H groups in total. The molecule has 0 aromatic carbocycles. The van der Waals surface area contributed by atoms with Crippen LogP contribution in [0.3, 0.4) is 0 Å². The van der Waals surface area contributed by atoms with Crippen LogP contribution in [0.2, 0.25) is 0 Å². The largest absolute Gasteiger partial charge is 0.463 e. The molecule has 1 aliphatic carbocycles. The Morgan fingerprint density at radius 3 is 1.67 bits per heavy atom. The van der Waals surface area contributed by atoms with Gasteiger partial charge in [-0.05, 0) is 25.2 Å². The standard InChI is InChI=1S/C26H46O4/c1-2-3-4-5-6-7-8-9-10-11-12-13-17-22-29-25(27)20-21-26(28)30-23-24-18-15-14-16-19-24/h20-21,24H,2-19,22-23H2,1H3/b21-20+. The maximum absolute atomic E-state index is 11.7. The highest BCUT2D eigenvalue weighted by Gasteiger charge is 2.14. The van der Waals surface area contributed by atoms with E-state index in [1.807, 2.05) is 0 Å². The van der Waals surface area contributed by atoms with Crippen LogP contribution in [0.4, 0.5) is 0 Å².